The predicted octanol–water partition coefficient (Wildman–Crippen LogP) is 4.21. The standard InChI is InChI=1S/C23H18N2O7/c1-2-31-17-10-8-15(9-11-17)24-20(18-7-4-12-32-18)19(22(27)23(24)28)21(26)14-5-3-6-16(13-14)25(29)30/h3-13,20,26H,2H2,1H3/b21-19-. The molecule has 1 saturated heterocycles. The van der Waals surface area contributed by atoms with Crippen LogP contribution in [0.15, 0.2) is 76.9 Å². The number of hydrogen-bond donors (Lipinski definition) is 1. The van der Waals surface area contributed by atoms with Crippen molar-refractivity contribution in [2.75, 3.05) is 11.5 Å². The normalized spacial score (nSPS) is 17.5. The Labute approximate surface area is 182 Å². The summed E-state index contributed by atoms with van der Waals surface area (Å²) in [6.45, 7) is 2.32. The smallest absolute Gasteiger partial charge is 0.300 e. The number of ether oxygens (including phenoxy) is 1. The molecule has 1 aliphatic rings. The predicted molar refractivity (Wildman–Crippen MR) is 114 cm³/mol. The van der Waals surface area contributed by atoms with Crippen LogP contribution in [-0.2, 0) is 9.59 Å². The number of Topliss-reactive ketones (excluding diaryl/α,β-unsaturated/α-hetero) is 1. The maximum absolute atomic E-state index is 13.0. The van der Waals surface area contributed by atoms with E-state index in [1.54, 1.807) is 36.4 Å². The van der Waals surface area contributed by atoms with E-state index in [4.69, 9.17) is 9.15 Å². The van der Waals surface area contributed by atoms with Crippen LogP contribution in [0, 0.1) is 10.1 Å². The number of furan rings is 1. The average molecular weight is 434 g/mol. The van der Waals surface area contributed by atoms with Crippen molar-refractivity contribution < 1.29 is 28.8 Å². The molecule has 1 aromatic heterocycles. The third-order valence-corrected chi connectivity index (χ3v) is 5.01. The van der Waals surface area contributed by atoms with Gasteiger partial charge in [-0.3, -0.25) is 24.6 Å². The number of nitro groups is 1. The van der Waals surface area contributed by atoms with Crippen LogP contribution in [0.1, 0.15) is 24.3 Å². The second-order valence-corrected chi connectivity index (χ2v) is 6.92. The van der Waals surface area contributed by atoms with E-state index in [-0.39, 0.29) is 22.6 Å². The summed E-state index contributed by atoms with van der Waals surface area (Å²) in [5, 5.41) is 22.1. The Bertz CT molecular complexity index is 1210. The van der Waals surface area contributed by atoms with Crippen molar-refractivity contribution in [3.63, 3.8) is 0 Å². The van der Waals surface area contributed by atoms with Gasteiger partial charge < -0.3 is 14.3 Å². The zero-order valence-corrected chi connectivity index (χ0v) is 16.9. The zero-order chi connectivity index (χ0) is 22.8. The Kier molecular flexibility index (Phi) is 5.46. The first-order chi connectivity index (χ1) is 15.4. The molecule has 1 N–H and O–H groups in total. The number of anilines is 1. The molecule has 0 saturated carbocycles. The molecule has 4 rings (SSSR count). The van der Waals surface area contributed by atoms with E-state index in [1.807, 2.05) is 6.92 Å². The third-order valence-electron chi connectivity index (χ3n) is 5.01. The number of hydrogen-bond acceptors (Lipinski definition) is 7. The summed E-state index contributed by atoms with van der Waals surface area (Å²) >= 11 is 0. The Morgan fingerprint density at radius 1 is 1.16 bits per heavy atom. The number of benzene rings is 2. The van der Waals surface area contributed by atoms with Gasteiger partial charge in [0.25, 0.3) is 17.4 Å². The molecule has 1 unspecified atom stereocenters. The maximum atomic E-state index is 13.0. The van der Waals surface area contributed by atoms with Gasteiger partial charge in [0.1, 0.15) is 23.3 Å². The van der Waals surface area contributed by atoms with Gasteiger partial charge in [-0.15, -0.1) is 0 Å². The summed E-state index contributed by atoms with van der Waals surface area (Å²) in [6.07, 6.45) is 1.39. The molecular weight excluding hydrogens is 416 g/mol. The number of rotatable bonds is 6. The molecule has 1 amide bonds. The lowest BCUT2D eigenvalue weighted by atomic mass is 9.99. The molecule has 1 fully saturated rings. The molecule has 3 aromatic rings. The van der Waals surface area contributed by atoms with Gasteiger partial charge in [0.2, 0.25) is 0 Å². The second kappa shape index (κ2) is 8.38. The van der Waals surface area contributed by atoms with Crippen LogP contribution in [0.4, 0.5) is 11.4 Å². The molecule has 2 heterocycles. The molecule has 0 spiro atoms. The highest BCUT2D eigenvalue weighted by Gasteiger charge is 2.48. The van der Waals surface area contributed by atoms with Crippen molar-refractivity contribution in [1.29, 1.82) is 0 Å². The topological polar surface area (TPSA) is 123 Å². The van der Waals surface area contributed by atoms with Crippen molar-refractivity contribution in [3.8, 4) is 5.75 Å². The number of nitrogens with zero attached hydrogens (tertiary/aromatic N) is 2. The molecule has 32 heavy (non-hydrogen) atoms. The first-order valence-electron chi connectivity index (χ1n) is 9.74. The second-order valence-electron chi connectivity index (χ2n) is 6.92. The lowest BCUT2D eigenvalue weighted by molar-refractivity contribution is -0.384. The Morgan fingerprint density at radius 3 is 2.53 bits per heavy atom. The fourth-order valence-electron chi connectivity index (χ4n) is 3.61. The minimum Gasteiger partial charge on any atom is -0.507 e. The van der Waals surface area contributed by atoms with Crippen molar-refractivity contribution in [2.24, 2.45) is 0 Å². The summed E-state index contributed by atoms with van der Waals surface area (Å²) in [4.78, 5) is 37.7. The van der Waals surface area contributed by atoms with Crippen LogP contribution in [0.2, 0.25) is 0 Å². The van der Waals surface area contributed by atoms with Gasteiger partial charge in [0.15, 0.2) is 0 Å². The van der Waals surface area contributed by atoms with E-state index in [0.717, 1.165) is 6.07 Å². The van der Waals surface area contributed by atoms with E-state index >= 15 is 0 Å². The monoisotopic (exact) mass is 434 g/mol. The lowest BCUT2D eigenvalue weighted by Crippen LogP contribution is -2.29. The highest BCUT2D eigenvalue weighted by molar-refractivity contribution is 6.51. The maximum Gasteiger partial charge on any atom is 0.300 e. The molecule has 2 aromatic carbocycles. The highest BCUT2D eigenvalue weighted by Crippen LogP contribution is 2.42. The summed E-state index contributed by atoms with van der Waals surface area (Å²) < 4.78 is 10.9. The quantitative estimate of drug-likeness (QED) is 0.203. The number of carbonyl (C=O) groups excluding carboxylic acids is 2. The number of carbonyl (C=O) groups is 2. The molecule has 0 bridgehead atoms. The van der Waals surface area contributed by atoms with Gasteiger partial charge in [-0.2, -0.15) is 0 Å². The van der Waals surface area contributed by atoms with Gasteiger partial charge in [-0.05, 0) is 43.3 Å². The Hall–Kier alpha value is -4.40. The van der Waals surface area contributed by atoms with Crippen LogP contribution in [0.3, 0.4) is 0 Å². The van der Waals surface area contributed by atoms with Crippen LogP contribution < -0.4 is 9.64 Å². The number of aliphatic hydroxyl groups is 1. The molecule has 162 valence electrons. The minimum absolute atomic E-state index is 0.0421. The molecule has 9 heteroatoms. The van der Waals surface area contributed by atoms with Crippen LogP contribution >= 0.6 is 0 Å². The van der Waals surface area contributed by atoms with Crippen molar-refractivity contribution in [1.82, 2.24) is 0 Å². The van der Waals surface area contributed by atoms with Crippen molar-refractivity contribution in [3.05, 3.63) is 93.9 Å². The molecule has 0 radical (unpaired) electrons. The third kappa shape index (κ3) is 3.60. The van der Waals surface area contributed by atoms with Gasteiger partial charge >= 0.3 is 0 Å². The first kappa shape index (κ1) is 20.9. The highest BCUT2D eigenvalue weighted by atomic mass is 16.6. The van der Waals surface area contributed by atoms with E-state index < -0.39 is 28.4 Å². The largest absolute Gasteiger partial charge is 0.507 e. The average Bonchev–Trinajstić information content (AvgIpc) is 3.41. The zero-order valence-electron chi connectivity index (χ0n) is 16.9. The van der Waals surface area contributed by atoms with Crippen LogP contribution in [0.5, 0.6) is 5.75 Å². The van der Waals surface area contributed by atoms with Gasteiger partial charge in [-0.25, -0.2) is 0 Å². The minimum atomic E-state index is -1.05. The van der Waals surface area contributed by atoms with E-state index in [9.17, 15) is 24.8 Å². The molecule has 9 nitrogen and oxygen atoms in total. The molecule has 1 atom stereocenters. The summed E-state index contributed by atoms with van der Waals surface area (Å²) in [5.41, 5.74) is -0.0424. The lowest BCUT2D eigenvalue weighted by Gasteiger charge is -2.23. The molecule has 1 aliphatic heterocycles. The molecular formula is C23H18N2O7. The summed E-state index contributed by atoms with van der Waals surface area (Å²) in [6, 6.07) is 13.9. The first-order valence-corrected chi connectivity index (χ1v) is 9.74. The van der Waals surface area contributed by atoms with E-state index in [1.165, 1.54) is 29.4 Å². The molecule has 0 aliphatic carbocycles. The van der Waals surface area contributed by atoms with Crippen LogP contribution in [-0.4, -0.2) is 28.3 Å². The number of nitro benzene ring substituents is 1. The number of aliphatic hydroxyl groups excluding tert-OH is 1. The van der Waals surface area contributed by atoms with Crippen molar-refractivity contribution >= 4 is 28.8 Å². The Morgan fingerprint density at radius 2 is 1.91 bits per heavy atom. The van der Waals surface area contributed by atoms with Crippen molar-refractivity contribution in [2.45, 2.75) is 13.0 Å². The number of non-ortho nitro benzene ring substituents is 1. The summed E-state index contributed by atoms with van der Waals surface area (Å²) in [5.74, 6) is -1.46. The SMILES string of the molecule is CCOc1ccc(N2C(=O)C(=O)/C(=C(\O)c3cccc([N+](=O)[O-])c3)C2c2ccco2)cc1. The number of ketones is 1. The van der Waals surface area contributed by atoms with Gasteiger partial charge in [0, 0.05) is 23.4 Å². The van der Waals surface area contributed by atoms with E-state index in [2.05, 4.69) is 0 Å². The van der Waals surface area contributed by atoms with E-state index in [0.29, 0.717) is 18.0 Å². The Balaban J connectivity index is 1.86. The van der Waals surface area contributed by atoms with Crippen LogP contribution in [0.25, 0.3) is 5.76 Å². The number of amides is 1. The fourth-order valence-corrected chi connectivity index (χ4v) is 3.61. The summed E-state index contributed by atoms with van der Waals surface area (Å²) in [7, 11) is 0. The van der Waals surface area contributed by atoms with Gasteiger partial charge in [-0.1, -0.05) is 12.1 Å². The fraction of sp³-hybridized carbons (Fsp3) is 0.130. The van der Waals surface area contributed by atoms with Gasteiger partial charge in [0.05, 0.1) is 23.4 Å².